The fourth-order valence-corrected chi connectivity index (χ4v) is 5.08. The maximum absolute atomic E-state index is 13.6. The predicted octanol–water partition coefficient (Wildman–Crippen LogP) is 4.72. The van der Waals surface area contributed by atoms with Gasteiger partial charge in [-0.15, -0.1) is 0 Å². The molecule has 1 aliphatic heterocycles. The SMILES string of the molecule is CC(C)(C)c1ccc2c(c1)N(S(=O)(=O)c1ccccc1)C[C@H](C(=O)Nc1cccc(F)c1)O2. The number of amides is 1. The molecule has 8 heteroatoms. The molecule has 6 nitrogen and oxygen atoms in total. The summed E-state index contributed by atoms with van der Waals surface area (Å²) >= 11 is 0. The van der Waals surface area contributed by atoms with Crippen molar-refractivity contribution in [3.8, 4) is 5.75 Å². The number of nitrogens with zero attached hydrogens (tertiary/aromatic N) is 1. The van der Waals surface area contributed by atoms with E-state index in [1.165, 1.54) is 34.6 Å². The van der Waals surface area contributed by atoms with E-state index in [2.05, 4.69) is 5.32 Å². The molecule has 3 aromatic rings. The van der Waals surface area contributed by atoms with E-state index >= 15 is 0 Å². The van der Waals surface area contributed by atoms with Crippen molar-refractivity contribution in [3.05, 3.63) is 84.2 Å². The summed E-state index contributed by atoms with van der Waals surface area (Å²) in [5.74, 6) is -0.779. The fraction of sp³-hybridized carbons (Fsp3) is 0.240. The number of rotatable bonds is 4. The molecule has 0 spiro atoms. The Bertz CT molecular complexity index is 1290. The van der Waals surface area contributed by atoms with Gasteiger partial charge in [-0.2, -0.15) is 0 Å². The molecule has 33 heavy (non-hydrogen) atoms. The van der Waals surface area contributed by atoms with Gasteiger partial charge in [0.2, 0.25) is 0 Å². The molecule has 0 unspecified atom stereocenters. The number of fused-ring (bicyclic) bond motifs is 1. The van der Waals surface area contributed by atoms with Crippen molar-refractivity contribution >= 4 is 27.3 Å². The number of anilines is 2. The molecule has 1 N–H and O–H groups in total. The minimum Gasteiger partial charge on any atom is -0.476 e. The van der Waals surface area contributed by atoms with Crippen LogP contribution in [0.15, 0.2) is 77.7 Å². The van der Waals surface area contributed by atoms with E-state index in [1.807, 2.05) is 26.8 Å². The molecule has 0 aliphatic carbocycles. The second-order valence-corrected chi connectivity index (χ2v) is 10.8. The highest BCUT2D eigenvalue weighted by molar-refractivity contribution is 7.92. The van der Waals surface area contributed by atoms with E-state index in [9.17, 15) is 17.6 Å². The van der Waals surface area contributed by atoms with E-state index in [1.54, 1.807) is 36.4 Å². The molecule has 1 aliphatic rings. The Labute approximate surface area is 193 Å². The van der Waals surface area contributed by atoms with Gasteiger partial charge < -0.3 is 10.1 Å². The van der Waals surface area contributed by atoms with Gasteiger partial charge in [0.1, 0.15) is 11.6 Å². The summed E-state index contributed by atoms with van der Waals surface area (Å²) in [5, 5.41) is 2.61. The Hall–Kier alpha value is -3.39. The number of nitrogens with one attached hydrogen (secondary N) is 1. The molecular formula is C25H25FN2O4S. The highest BCUT2D eigenvalue weighted by Gasteiger charge is 2.38. The Balaban J connectivity index is 1.74. The quantitative estimate of drug-likeness (QED) is 0.601. The maximum atomic E-state index is 13.6. The molecule has 1 atom stereocenters. The van der Waals surface area contributed by atoms with Crippen LogP contribution in [0.4, 0.5) is 15.8 Å². The van der Waals surface area contributed by atoms with Crippen molar-refractivity contribution in [2.75, 3.05) is 16.2 Å². The summed E-state index contributed by atoms with van der Waals surface area (Å²) in [6, 6.07) is 18.9. The summed E-state index contributed by atoms with van der Waals surface area (Å²) in [5.41, 5.74) is 1.35. The Kier molecular flexibility index (Phi) is 5.88. The van der Waals surface area contributed by atoms with Crippen LogP contribution < -0.4 is 14.4 Å². The Morgan fingerprint density at radius 2 is 1.76 bits per heavy atom. The van der Waals surface area contributed by atoms with Gasteiger partial charge in [0.15, 0.2) is 6.10 Å². The number of hydrogen-bond acceptors (Lipinski definition) is 4. The maximum Gasteiger partial charge on any atom is 0.267 e. The summed E-state index contributed by atoms with van der Waals surface area (Å²) in [7, 11) is -3.97. The van der Waals surface area contributed by atoms with E-state index < -0.39 is 27.9 Å². The molecule has 0 radical (unpaired) electrons. The first-order valence-corrected chi connectivity index (χ1v) is 11.9. The molecule has 172 valence electrons. The molecule has 0 fully saturated rings. The van der Waals surface area contributed by atoms with Gasteiger partial charge in [0, 0.05) is 5.69 Å². The lowest BCUT2D eigenvalue weighted by Gasteiger charge is -2.36. The number of carbonyl (C=O) groups is 1. The van der Waals surface area contributed by atoms with Gasteiger partial charge in [-0.1, -0.05) is 51.1 Å². The highest BCUT2D eigenvalue weighted by atomic mass is 32.2. The number of benzene rings is 3. The summed E-state index contributed by atoms with van der Waals surface area (Å²) in [6.07, 6.45) is -1.13. The van der Waals surface area contributed by atoms with Gasteiger partial charge in [0.25, 0.3) is 15.9 Å². The molecule has 0 bridgehead atoms. The Morgan fingerprint density at radius 3 is 2.42 bits per heavy atom. The first kappa shape index (κ1) is 22.8. The lowest BCUT2D eigenvalue weighted by molar-refractivity contribution is -0.122. The average molecular weight is 469 g/mol. The number of ether oxygens (including phenoxy) is 1. The monoisotopic (exact) mass is 468 g/mol. The predicted molar refractivity (Wildman–Crippen MR) is 126 cm³/mol. The lowest BCUT2D eigenvalue weighted by atomic mass is 9.86. The first-order chi connectivity index (χ1) is 15.6. The third-order valence-electron chi connectivity index (χ3n) is 5.41. The summed E-state index contributed by atoms with van der Waals surface area (Å²) < 4.78 is 47.8. The third kappa shape index (κ3) is 4.71. The minimum atomic E-state index is -3.97. The molecular weight excluding hydrogens is 443 g/mol. The van der Waals surface area contributed by atoms with Crippen molar-refractivity contribution in [1.82, 2.24) is 0 Å². The zero-order valence-corrected chi connectivity index (χ0v) is 19.4. The van der Waals surface area contributed by atoms with Gasteiger partial charge in [-0.05, 0) is 53.4 Å². The van der Waals surface area contributed by atoms with Crippen LogP contribution in [-0.2, 0) is 20.2 Å². The van der Waals surface area contributed by atoms with Gasteiger partial charge in [0.05, 0.1) is 17.1 Å². The van der Waals surface area contributed by atoms with Gasteiger partial charge in [-0.25, -0.2) is 12.8 Å². The molecule has 3 aromatic carbocycles. The smallest absolute Gasteiger partial charge is 0.267 e. The fourth-order valence-electron chi connectivity index (χ4n) is 3.59. The van der Waals surface area contributed by atoms with Crippen LogP contribution in [0.5, 0.6) is 5.75 Å². The largest absolute Gasteiger partial charge is 0.476 e. The van der Waals surface area contributed by atoms with Gasteiger partial charge in [-0.3, -0.25) is 9.10 Å². The summed E-state index contributed by atoms with van der Waals surface area (Å²) in [4.78, 5) is 13.1. The molecule has 1 amide bonds. The second kappa shape index (κ2) is 8.51. The van der Waals surface area contributed by atoms with Crippen LogP contribution in [0.25, 0.3) is 0 Å². The van der Waals surface area contributed by atoms with Crippen LogP contribution in [0.2, 0.25) is 0 Å². The molecule has 0 saturated heterocycles. The zero-order valence-electron chi connectivity index (χ0n) is 18.6. The molecule has 0 saturated carbocycles. The molecule has 4 rings (SSSR count). The van der Waals surface area contributed by atoms with E-state index in [0.29, 0.717) is 5.69 Å². The minimum absolute atomic E-state index is 0.114. The topological polar surface area (TPSA) is 75.7 Å². The summed E-state index contributed by atoms with van der Waals surface area (Å²) in [6.45, 7) is 5.87. The zero-order chi connectivity index (χ0) is 23.8. The lowest BCUT2D eigenvalue weighted by Crippen LogP contribution is -2.49. The van der Waals surface area contributed by atoms with Crippen LogP contribution in [-0.4, -0.2) is 27.0 Å². The third-order valence-corrected chi connectivity index (χ3v) is 7.20. The first-order valence-electron chi connectivity index (χ1n) is 10.5. The van der Waals surface area contributed by atoms with Crippen molar-refractivity contribution in [1.29, 1.82) is 0 Å². The average Bonchev–Trinajstić information content (AvgIpc) is 2.78. The van der Waals surface area contributed by atoms with Crippen LogP contribution >= 0.6 is 0 Å². The van der Waals surface area contributed by atoms with Crippen molar-refractivity contribution < 1.29 is 22.3 Å². The van der Waals surface area contributed by atoms with Crippen LogP contribution in [0.1, 0.15) is 26.3 Å². The van der Waals surface area contributed by atoms with Crippen molar-refractivity contribution in [2.24, 2.45) is 0 Å². The van der Waals surface area contributed by atoms with Gasteiger partial charge >= 0.3 is 0 Å². The number of sulfonamides is 1. The van der Waals surface area contributed by atoms with Crippen molar-refractivity contribution in [3.63, 3.8) is 0 Å². The Morgan fingerprint density at radius 1 is 1.03 bits per heavy atom. The normalized spacial score (nSPS) is 16.0. The second-order valence-electron chi connectivity index (χ2n) is 8.89. The molecule has 0 aromatic heterocycles. The standard InChI is InChI=1S/C25H25FN2O4S/c1-25(2,3)17-12-13-22-21(14-17)28(33(30,31)20-10-5-4-6-11-20)16-23(32-22)24(29)27-19-9-7-8-18(26)15-19/h4-15,23H,16H2,1-3H3,(H,27,29)/t23-/m1/s1. The van der Waals surface area contributed by atoms with E-state index in [-0.39, 0.29) is 28.3 Å². The van der Waals surface area contributed by atoms with E-state index in [4.69, 9.17) is 4.74 Å². The number of halogens is 1. The van der Waals surface area contributed by atoms with Crippen LogP contribution in [0.3, 0.4) is 0 Å². The highest BCUT2D eigenvalue weighted by Crippen LogP contribution is 2.40. The van der Waals surface area contributed by atoms with Crippen LogP contribution in [0, 0.1) is 5.82 Å². The van der Waals surface area contributed by atoms with E-state index in [0.717, 1.165) is 5.56 Å². The number of carbonyl (C=O) groups excluding carboxylic acids is 1. The number of hydrogen-bond donors (Lipinski definition) is 1. The molecule has 1 heterocycles. The van der Waals surface area contributed by atoms with Crippen molar-refractivity contribution in [2.45, 2.75) is 37.2 Å².